The Morgan fingerprint density at radius 3 is 2.44 bits per heavy atom. The van der Waals surface area contributed by atoms with Crippen molar-refractivity contribution in [2.75, 3.05) is 11.9 Å². The predicted octanol–water partition coefficient (Wildman–Crippen LogP) is 4.09. The summed E-state index contributed by atoms with van der Waals surface area (Å²) in [5.74, 6) is -0.238. The molecule has 2 amide bonds. The average molecular weight is 401 g/mol. The van der Waals surface area contributed by atoms with Crippen LogP contribution in [0.3, 0.4) is 0 Å². The first-order chi connectivity index (χ1) is 12.1. The summed E-state index contributed by atoms with van der Waals surface area (Å²) in [5, 5.41) is 5.64. The van der Waals surface area contributed by atoms with Crippen LogP contribution in [0.15, 0.2) is 46.9 Å². The Kier molecular flexibility index (Phi) is 5.87. The van der Waals surface area contributed by atoms with Crippen molar-refractivity contribution in [3.8, 4) is 0 Å². The molecule has 0 aliphatic heterocycles. The van der Waals surface area contributed by atoms with Crippen molar-refractivity contribution < 1.29 is 9.59 Å². The van der Waals surface area contributed by atoms with E-state index in [1.807, 2.05) is 36.4 Å². The SMILES string of the molecule is O=C(CCNC(=O)c1ccc2c(c1)CCCC2)Nc1ccc(Br)cc1. The fourth-order valence-corrected chi connectivity index (χ4v) is 3.29. The van der Waals surface area contributed by atoms with Crippen molar-refractivity contribution in [2.45, 2.75) is 32.1 Å². The molecule has 5 heteroatoms. The van der Waals surface area contributed by atoms with Crippen LogP contribution in [0.25, 0.3) is 0 Å². The van der Waals surface area contributed by atoms with E-state index < -0.39 is 0 Å². The van der Waals surface area contributed by atoms with E-state index in [-0.39, 0.29) is 18.2 Å². The van der Waals surface area contributed by atoms with Gasteiger partial charge in [0.15, 0.2) is 0 Å². The Bertz CT molecular complexity index is 772. The number of nitrogens with one attached hydrogen (secondary N) is 2. The molecule has 0 spiro atoms. The first-order valence-corrected chi connectivity index (χ1v) is 9.36. The molecule has 0 saturated heterocycles. The highest BCUT2D eigenvalue weighted by molar-refractivity contribution is 9.10. The van der Waals surface area contributed by atoms with E-state index in [2.05, 4.69) is 32.6 Å². The first kappa shape index (κ1) is 17.7. The van der Waals surface area contributed by atoms with Gasteiger partial charge in [-0.1, -0.05) is 22.0 Å². The molecule has 25 heavy (non-hydrogen) atoms. The smallest absolute Gasteiger partial charge is 0.251 e. The second-order valence-corrected chi connectivity index (χ2v) is 7.17. The summed E-state index contributed by atoms with van der Waals surface area (Å²) in [5.41, 5.74) is 4.06. The molecule has 1 aliphatic rings. The quantitative estimate of drug-likeness (QED) is 0.793. The Balaban J connectivity index is 1.47. The van der Waals surface area contributed by atoms with Gasteiger partial charge in [-0.05, 0) is 73.2 Å². The van der Waals surface area contributed by atoms with E-state index >= 15 is 0 Å². The molecule has 0 unspecified atom stereocenters. The van der Waals surface area contributed by atoms with Crippen LogP contribution < -0.4 is 10.6 Å². The zero-order valence-electron chi connectivity index (χ0n) is 14.0. The molecular formula is C20H21BrN2O2. The van der Waals surface area contributed by atoms with E-state index in [1.165, 1.54) is 24.0 Å². The van der Waals surface area contributed by atoms with Crippen molar-refractivity contribution in [1.29, 1.82) is 0 Å². The molecule has 2 aromatic carbocycles. The van der Waals surface area contributed by atoms with E-state index in [9.17, 15) is 9.59 Å². The highest BCUT2D eigenvalue weighted by Crippen LogP contribution is 2.22. The minimum Gasteiger partial charge on any atom is -0.352 e. The zero-order valence-corrected chi connectivity index (χ0v) is 15.6. The lowest BCUT2D eigenvalue weighted by atomic mass is 9.90. The van der Waals surface area contributed by atoms with Crippen molar-refractivity contribution in [3.05, 3.63) is 63.6 Å². The summed E-state index contributed by atoms with van der Waals surface area (Å²) in [6, 6.07) is 13.3. The van der Waals surface area contributed by atoms with Gasteiger partial charge >= 0.3 is 0 Å². The Hall–Kier alpha value is -2.14. The summed E-state index contributed by atoms with van der Waals surface area (Å²) in [7, 11) is 0. The van der Waals surface area contributed by atoms with Crippen LogP contribution >= 0.6 is 15.9 Å². The number of hydrogen-bond acceptors (Lipinski definition) is 2. The number of rotatable bonds is 5. The maximum Gasteiger partial charge on any atom is 0.251 e. The van der Waals surface area contributed by atoms with E-state index in [0.717, 1.165) is 23.0 Å². The third-order valence-corrected chi connectivity index (χ3v) is 4.90. The zero-order chi connectivity index (χ0) is 17.6. The number of carbonyl (C=O) groups excluding carboxylic acids is 2. The van der Waals surface area contributed by atoms with Gasteiger partial charge in [-0.25, -0.2) is 0 Å². The molecule has 3 rings (SSSR count). The van der Waals surface area contributed by atoms with E-state index in [0.29, 0.717) is 12.1 Å². The second-order valence-electron chi connectivity index (χ2n) is 6.25. The standard InChI is InChI=1S/C20H21BrN2O2/c21-17-7-9-18(10-8-17)23-19(24)11-12-22-20(25)16-6-5-14-3-1-2-4-15(14)13-16/h5-10,13H,1-4,11-12H2,(H,22,25)(H,23,24). The van der Waals surface area contributed by atoms with Crippen molar-refractivity contribution in [3.63, 3.8) is 0 Å². The summed E-state index contributed by atoms with van der Waals surface area (Å²) in [6.45, 7) is 0.318. The third-order valence-electron chi connectivity index (χ3n) is 4.38. The number of amides is 2. The molecule has 0 saturated carbocycles. The fourth-order valence-electron chi connectivity index (χ4n) is 3.02. The van der Waals surface area contributed by atoms with Crippen LogP contribution in [-0.2, 0) is 17.6 Å². The average Bonchev–Trinajstić information content (AvgIpc) is 2.63. The predicted molar refractivity (Wildman–Crippen MR) is 103 cm³/mol. The van der Waals surface area contributed by atoms with Crippen molar-refractivity contribution >= 4 is 33.4 Å². The highest BCUT2D eigenvalue weighted by Gasteiger charge is 2.13. The topological polar surface area (TPSA) is 58.2 Å². The summed E-state index contributed by atoms with van der Waals surface area (Å²) >= 11 is 3.35. The van der Waals surface area contributed by atoms with Crippen LogP contribution in [0.2, 0.25) is 0 Å². The molecule has 0 heterocycles. The van der Waals surface area contributed by atoms with E-state index in [1.54, 1.807) is 0 Å². The molecule has 0 bridgehead atoms. The maximum atomic E-state index is 12.3. The molecule has 0 fully saturated rings. The van der Waals surface area contributed by atoms with Crippen LogP contribution in [-0.4, -0.2) is 18.4 Å². The van der Waals surface area contributed by atoms with Gasteiger partial charge < -0.3 is 10.6 Å². The lowest BCUT2D eigenvalue weighted by Crippen LogP contribution is -2.27. The highest BCUT2D eigenvalue weighted by atomic mass is 79.9. The van der Waals surface area contributed by atoms with Gasteiger partial charge in [0, 0.05) is 28.7 Å². The molecule has 1 aliphatic carbocycles. The molecular weight excluding hydrogens is 380 g/mol. The molecule has 2 N–H and O–H groups in total. The summed E-state index contributed by atoms with van der Waals surface area (Å²) in [4.78, 5) is 24.2. The van der Waals surface area contributed by atoms with Gasteiger partial charge in [0.2, 0.25) is 5.91 Å². The largest absolute Gasteiger partial charge is 0.352 e. The minimum absolute atomic E-state index is 0.118. The number of hydrogen-bond donors (Lipinski definition) is 2. The molecule has 0 radical (unpaired) electrons. The van der Waals surface area contributed by atoms with Gasteiger partial charge in [0.25, 0.3) is 5.91 Å². The van der Waals surface area contributed by atoms with Crippen LogP contribution in [0.4, 0.5) is 5.69 Å². The monoisotopic (exact) mass is 400 g/mol. The Labute approximate surface area is 156 Å². The van der Waals surface area contributed by atoms with E-state index in [4.69, 9.17) is 0 Å². The number of aryl methyl sites for hydroxylation is 2. The first-order valence-electron chi connectivity index (χ1n) is 8.57. The van der Waals surface area contributed by atoms with Crippen molar-refractivity contribution in [1.82, 2.24) is 5.32 Å². The van der Waals surface area contributed by atoms with Gasteiger partial charge in [-0.3, -0.25) is 9.59 Å². The van der Waals surface area contributed by atoms with Gasteiger partial charge in [0.05, 0.1) is 0 Å². The number of benzene rings is 2. The second kappa shape index (κ2) is 8.30. The minimum atomic E-state index is -0.121. The number of halogens is 1. The van der Waals surface area contributed by atoms with Crippen LogP contribution in [0, 0.1) is 0 Å². The Morgan fingerprint density at radius 2 is 1.68 bits per heavy atom. The summed E-state index contributed by atoms with van der Waals surface area (Å²) in [6.07, 6.45) is 4.81. The number of carbonyl (C=O) groups is 2. The molecule has 4 nitrogen and oxygen atoms in total. The number of fused-ring (bicyclic) bond motifs is 1. The number of anilines is 1. The molecule has 0 atom stereocenters. The van der Waals surface area contributed by atoms with Crippen LogP contribution in [0.1, 0.15) is 40.7 Å². The maximum absolute atomic E-state index is 12.3. The fraction of sp³-hybridized carbons (Fsp3) is 0.300. The Morgan fingerprint density at radius 1 is 0.960 bits per heavy atom. The summed E-state index contributed by atoms with van der Waals surface area (Å²) < 4.78 is 0.961. The molecule has 130 valence electrons. The normalized spacial score (nSPS) is 13.0. The van der Waals surface area contributed by atoms with Gasteiger partial charge in [-0.2, -0.15) is 0 Å². The van der Waals surface area contributed by atoms with Gasteiger partial charge in [0.1, 0.15) is 0 Å². The molecule has 0 aromatic heterocycles. The van der Waals surface area contributed by atoms with Gasteiger partial charge in [-0.15, -0.1) is 0 Å². The molecule has 2 aromatic rings. The lowest BCUT2D eigenvalue weighted by molar-refractivity contribution is -0.116. The van der Waals surface area contributed by atoms with Crippen LogP contribution in [0.5, 0.6) is 0 Å². The lowest BCUT2D eigenvalue weighted by Gasteiger charge is -2.16. The van der Waals surface area contributed by atoms with Crippen molar-refractivity contribution in [2.24, 2.45) is 0 Å². The third kappa shape index (κ3) is 4.92.